The van der Waals surface area contributed by atoms with E-state index in [0.29, 0.717) is 6.61 Å². The van der Waals surface area contributed by atoms with Crippen LogP contribution in [-0.2, 0) is 9.47 Å². The molecule has 24 heavy (non-hydrogen) atoms. The molecule has 1 aromatic carbocycles. The van der Waals surface area contributed by atoms with Crippen LogP contribution in [0.4, 0.5) is 5.69 Å². The third-order valence-corrected chi connectivity index (χ3v) is 3.45. The molecule has 2 rings (SSSR count). The molecule has 0 saturated carbocycles. The third-order valence-electron chi connectivity index (χ3n) is 3.45. The van der Waals surface area contributed by atoms with Crippen molar-refractivity contribution in [3.05, 3.63) is 34.4 Å². The van der Waals surface area contributed by atoms with Gasteiger partial charge in [-0.2, -0.15) is 0 Å². The monoisotopic (exact) mass is 347 g/mol. The standard InChI is InChI=1S/C14H19NO8.H2O/c1-2-21-7-10-11(16)12(17)13(18)14(23-10)22-9-5-3-8(4-6-9)15(19)20;/h3-6,10-14,16-18H,2,7H2,1H3;1H2/t10-,11+,12+,13-,14-;/m1./s1. The largest absolute Gasteiger partial charge is 0.462 e. The molecular weight excluding hydrogens is 326 g/mol. The van der Waals surface area contributed by atoms with Crippen molar-refractivity contribution in [1.82, 2.24) is 0 Å². The topological polar surface area (TPSA) is 163 Å². The Balaban J connectivity index is 0.00000288. The normalized spacial score (nSPS) is 29.6. The second kappa shape index (κ2) is 8.87. The summed E-state index contributed by atoms with van der Waals surface area (Å²) >= 11 is 0. The summed E-state index contributed by atoms with van der Waals surface area (Å²) in [6.07, 6.45) is -6.35. The molecule has 5 atom stereocenters. The molecule has 1 heterocycles. The van der Waals surface area contributed by atoms with Crippen molar-refractivity contribution in [1.29, 1.82) is 0 Å². The second-order valence-electron chi connectivity index (χ2n) is 5.04. The number of nitrogens with zero attached hydrogens (tertiary/aromatic N) is 1. The van der Waals surface area contributed by atoms with E-state index in [9.17, 15) is 25.4 Å². The molecule has 0 radical (unpaired) electrons. The lowest BCUT2D eigenvalue weighted by Crippen LogP contribution is -2.60. The molecule has 1 aliphatic rings. The molecule has 136 valence electrons. The summed E-state index contributed by atoms with van der Waals surface area (Å²) in [5.41, 5.74) is -0.104. The lowest BCUT2D eigenvalue weighted by atomic mass is 9.99. The Kier molecular flexibility index (Phi) is 7.48. The number of nitro groups is 1. The highest BCUT2D eigenvalue weighted by Crippen LogP contribution is 2.25. The van der Waals surface area contributed by atoms with Crippen LogP contribution in [0.2, 0.25) is 0 Å². The van der Waals surface area contributed by atoms with Crippen LogP contribution in [0, 0.1) is 10.1 Å². The van der Waals surface area contributed by atoms with E-state index in [0.717, 1.165) is 0 Å². The lowest BCUT2D eigenvalue weighted by Gasteiger charge is -2.40. The maximum absolute atomic E-state index is 10.6. The van der Waals surface area contributed by atoms with Gasteiger partial charge in [-0.25, -0.2) is 0 Å². The van der Waals surface area contributed by atoms with E-state index >= 15 is 0 Å². The van der Waals surface area contributed by atoms with Gasteiger partial charge in [0.15, 0.2) is 0 Å². The molecule has 0 amide bonds. The summed E-state index contributed by atoms with van der Waals surface area (Å²) in [6.45, 7) is 2.20. The highest BCUT2D eigenvalue weighted by atomic mass is 16.7. The Bertz CT molecular complexity index is 523. The van der Waals surface area contributed by atoms with Gasteiger partial charge in [-0.15, -0.1) is 0 Å². The fourth-order valence-corrected chi connectivity index (χ4v) is 2.17. The molecule has 1 fully saturated rings. The maximum Gasteiger partial charge on any atom is 0.269 e. The summed E-state index contributed by atoms with van der Waals surface area (Å²) in [6, 6.07) is 5.19. The van der Waals surface area contributed by atoms with Gasteiger partial charge in [0.1, 0.15) is 30.2 Å². The lowest BCUT2D eigenvalue weighted by molar-refractivity contribution is -0.384. The minimum absolute atomic E-state index is 0. The van der Waals surface area contributed by atoms with E-state index in [1.54, 1.807) is 6.92 Å². The average molecular weight is 347 g/mol. The average Bonchev–Trinajstić information content (AvgIpc) is 2.54. The van der Waals surface area contributed by atoms with Gasteiger partial charge in [0, 0.05) is 18.7 Å². The second-order valence-corrected chi connectivity index (χ2v) is 5.04. The van der Waals surface area contributed by atoms with Gasteiger partial charge in [0.05, 0.1) is 11.5 Å². The zero-order valence-corrected chi connectivity index (χ0v) is 12.9. The van der Waals surface area contributed by atoms with Crippen LogP contribution in [0.1, 0.15) is 6.92 Å². The highest BCUT2D eigenvalue weighted by Gasteiger charge is 2.45. The minimum Gasteiger partial charge on any atom is -0.462 e. The molecule has 0 aromatic heterocycles. The Labute approximate surface area is 137 Å². The van der Waals surface area contributed by atoms with Crippen LogP contribution in [-0.4, -0.2) is 69.6 Å². The Morgan fingerprint density at radius 2 is 1.79 bits per heavy atom. The Morgan fingerprint density at radius 1 is 1.17 bits per heavy atom. The summed E-state index contributed by atoms with van der Waals surface area (Å²) in [4.78, 5) is 10.1. The first kappa shape index (κ1) is 20.2. The van der Waals surface area contributed by atoms with Gasteiger partial charge in [0.2, 0.25) is 6.29 Å². The number of rotatable bonds is 6. The Morgan fingerprint density at radius 3 is 2.33 bits per heavy atom. The van der Waals surface area contributed by atoms with Crippen LogP contribution >= 0.6 is 0 Å². The van der Waals surface area contributed by atoms with Crippen LogP contribution < -0.4 is 4.74 Å². The van der Waals surface area contributed by atoms with Gasteiger partial charge in [-0.1, -0.05) is 0 Å². The van der Waals surface area contributed by atoms with Crippen molar-refractivity contribution < 1.29 is 39.9 Å². The number of aliphatic hydroxyl groups is 3. The van der Waals surface area contributed by atoms with Crippen molar-refractivity contribution in [2.24, 2.45) is 0 Å². The number of aliphatic hydroxyl groups excluding tert-OH is 3. The molecule has 1 aromatic rings. The van der Waals surface area contributed by atoms with Crippen LogP contribution in [0.25, 0.3) is 0 Å². The van der Waals surface area contributed by atoms with E-state index in [2.05, 4.69) is 0 Å². The number of benzene rings is 1. The molecular formula is C14H21NO9. The van der Waals surface area contributed by atoms with Crippen LogP contribution in [0.3, 0.4) is 0 Å². The summed E-state index contributed by atoms with van der Waals surface area (Å²) in [5.74, 6) is 0.221. The molecule has 0 spiro atoms. The van der Waals surface area contributed by atoms with Gasteiger partial charge < -0.3 is 35.0 Å². The molecule has 10 heteroatoms. The van der Waals surface area contributed by atoms with Gasteiger partial charge >= 0.3 is 0 Å². The van der Waals surface area contributed by atoms with E-state index in [4.69, 9.17) is 14.2 Å². The zero-order valence-electron chi connectivity index (χ0n) is 12.9. The number of non-ortho nitro benzene ring substituents is 1. The van der Waals surface area contributed by atoms with E-state index in [1.165, 1.54) is 24.3 Å². The van der Waals surface area contributed by atoms with Crippen molar-refractivity contribution in [2.75, 3.05) is 13.2 Å². The van der Waals surface area contributed by atoms with Crippen molar-refractivity contribution in [3.63, 3.8) is 0 Å². The maximum atomic E-state index is 10.6. The van der Waals surface area contributed by atoms with Crippen LogP contribution in [0.5, 0.6) is 5.75 Å². The quantitative estimate of drug-likeness (QED) is 0.435. The molecule has 5 N–H and O–H groups in total. The predicted octanol–water partition coefficient (Wildman–Crippen LogP) is -1.01. The number of ether oxygens (including phenoxy) is 3. The summed E-state index contributed by atoms with van der Waals surface area (Å²) < 4.78 is 16.0. The molecule has 10 nitrogen and oxygen atoms in total. The van der Waals surface area contributed by atoms with Crippen molar-refractivity contribution >= 4 is 5.69 Å². The van der Waals surface area contributed by atoms with Crippen molar-refractivity contribution in [2.45, 2.75) is 37.6 Å². The highest BCUT2D eigenvalue weighted by molar-refractivity contribution is 5.36. The number of hydrogen-bond donors (Lipinski definition) is 3. The van der Waals surface area contributed by atoms with E-state index < -0.39 is 35.6 Å². The fourth-order valence-electron chi connectivity index (χ4n) is 2.17. The fraction of sp³-hybridized carbons (Fsp3) is 0.571. The van der Waals surface area contributed by atoms with Gasteiger partial charge in [-0.05, 0) is 19.1 Å². The number of hydrogen-bond acceptors (Lipinski definition) is 8. The molecule has 1 aliphatic heterocycles. The molecule has 0 bridgehead atoms. The predicted molar refractivity (Wildman–Crippen MR) is 80.5 cm³/mol. The molecule has 0 aliphatic carbocycles. The van der Waals surface area contributed by atoms with Crippen LogP contribution in [0.15, 0.2) is 24.3 Å². The number of nitro benzene ring substituents is 1. The van der Waals surface area contributed by atoms with E-state index in [1.807, 2.05) is 0 Å². The van der Waals surface area contributed by atoms with Crippen molar-refractivity contribution in [3.8, 4) is 5.75 Å². The summed E-state index contributed by atoms with van der Waals surface area (Å²) in [5, 5.41) is 40.3. The van der Waals surface area contributed by atoms with E-state index in [-0.39, 0.29) is 23.5 Å². The van der Waals surface area contributed by atoms with Gasteiger partial charge in [0.25, 0.3) is 5.69 Å². The first-order valence-corrected chi connectivity index (χ1v) is 7.12. The Hall–Kier alpha value is -1.82. The first-order chi connectivity index (χ1) is 10.9. The van der Waals surface area contributed by atoms with Gasteiger partial charge in [-0.3, -0.25) is 10.1 Å². The molecule has 0 unspecified atom stereocenters. The smallest absolute Gasteiger partial charge is 0.269 e. The third kappa shape index (κ3) is 4.60. The molecule has 1 saturated heterocycles. The summed E-state index contributed by atoms with van der Waals surface area (Å²) in [7, 11) is 0. The first-order valence-electron chi connectivity index (χ1n) is 7.12. The SMILES string of the molecule is CCOC[C@H]1O[C@@H](Oc2ccc([N+](=O)[O-])cc2)[C@H](O)[C@@H](O)[C@H]1O.O. The zero-order chi connectivity index (χ0) is 17.0. The minimum atomic E-state index is -1.47.